The van der Waals surface area contributed by atoms with Crippen molar-refractivity contribution in [2.24, 2.45) is 16.7 Å². The molecule has 2 rings (SSSR count). The van der Waals surface area contributed by atoms with Gasteiger partial charge in [0.25, 0.3) is 0 Å². The Balaban J connectivity index is 1.46. The predicted molar refractivity (Wildman–Crippen MR) is 85.4 cm³/mol. The normalized spacial score (nSPS) is 31.4. The van der Waals surface area contributed by atoms with Crippen molar-refractivity contribution in [3.8, 4) is 0 Å². The van der Waals surface area contributed by atoms with Gasteiger partial charge in [-0.15, -0.1) is 0 Å². The summed E-state index contributed by atoms with van der Waals surface area (Å²) in [5, 5.41) is 0. The summed E-state index contributed by atoms with van der Waals surface area (Å²) < 4.78 is 0. The highest BCUT2D eigenvalue weighted by molar-refractivity contribution is 5.15. The highest BCUT2D eigenvalue weighted by atomic mass is 14.7. The largest absolute Gasteiger partial charge is 0.0654 e. The van der Waals surface area contributed by atoms with Crippen LogP contribution in [0.4, 0.5) is 0 Å². The number of unbranched alkanes of at least 4 members (excludes halogenated alkanes) is 8. The first-order valence-electron chi connectivity index (χ1n) is 9.15. The molecular weight excluding hydrogens is 228 g/mol. The van der Waals surface area contributed by atoms with E-state index in [1.54, 1.807) is 12.8 Å². The van der Waals surface area contributed by atoms with Crippen LogP contribution in [0.2, 0.25) is 0 Å². The summed E-state index contributed by atoms with van der Waals surface area (Å²) in [6.45, 7) is 7.36. The van der Waals surface area contributed by atoms with Gasteiger partial charge in [0.1, 0.15) is 0 Å². The summed E-state index contributed by atoms with van der Waals surface area (Å²) in [5.41, 5.74) is 1.57. The zero-order valence-electron chi connectivity index (χ0n) is 13.8. The van der Waals surface area contributed by atoms with Crippen LogP contribution < -0.4 is 0 Å². The molecule has 0 aromatic heterocycles. The number of hydrogen-bond donors (Lipinski definition) is 0. The van der Waals surface area contributed by atoms with Crippen molar-refractivity contribution in [1.29, 1.82) is 0 Å². The Morgan fingerprint density at radius 2 is 1.32 bits per heavy atom. The van der Waals surface area contributed by atoms with Gasteiger partial charge >= 0.3 is 0 Å². The fourth-order valence-corrected chi connectivity index (χ4v) is 4.42. The molecule has 0 aliphatic heterocycles. The van der Waals surface area contributed by atoms with Gasteiger partial charge in [0.05, 0.1) is 0 Å². The first-order chi connectivity index (χ1) is 9.15. The molecule has 0 aromatic carbocycles. The van der Waals surface area contributed by atoms with E-state index in [0.717, 1.165) is 16.7 Å². The standard InChI is InChI=1S/C19H36/c1-4-5-6-7-8-9-10-11-12-13-19(16-17(19)2)18(3)14-15-18/h17H,4-16H2,1-3H3. The van der Waals surface area contributed by atoms with E-state index >= 15 is 0 Å². The van der Waals surface area contributed by atoms with E-state index in [1.165, 1.54) is 70.6 Å². The molecule has 0 nitrogen and oxygen atoms in total. The lowest BCUT2D eigenvalue weighted by molar-refractivity contribution is 0.252. The maximum Gasteiger partial charge on any atom is -0.0215 e. The molecule has 0 aromatic rings. The Labute approximate surface area is 121 Å². The van der Waals surface area contributed by atoms with Gasteiger partial charge in [0, 0.05) is 0 Å². The van der Waals surface area contributed by atoms with Crippen LogP contribution in [0.1, 0.15) is 104 Å². The van der Waals surface area contributed by atoms with Crippen LogP contribution in [0.5, 0.6) is 0 Å². The monoisotopic (exact) mass is 264 g/mol. The summed E-state index contributed by atoms with van der Waals surface area (Å²) in [5.74, 6) is 1.04. The predicted octanol–water partition coefficient (Wildman–Crippen LogP) is 6.73. The summed E-state index contributed by atoms with van der Waals surface area (Å²) in [7, 11) is 0. The maximum absolute atomic E-state index is 2.56. The minimum atomic E-state index is 0.770. The molecule has 2 unspecified atom stereocenters. The van der Waals surface area contributed by atoms with Gasteiger partial charge in [0.2, 0.25) is 0 Å². The van der Waals surface area contributed by atoms with Gasteiger partial charge in [0.15, 0.2) is 0 Å². The van der Waals surface area contributed by atoms with Crippen LogP contribution in [0.3, 0.4) is 0 Å². The molecule has 19 heavy (non-hydrogen) atoms. The second-order valence-electron chi connectivity index (χ2n) is 7.90. The van der Waals surface area contributed by atoms with Crippen molar-refractivity contribution in [2.75, 3.05) is 0 Å². The highest BCUT2D eigenvalue weighted by Gasteiger charge is 2.65. The average Bonchev–Trinajstić information content (AvgIpc) is 3.28. The van der Waals surface area contributed by atoms with Crippen LogP contribution in [0, 0.1) is 16.7 Å². The van der Waals surface area contributed by atoms with E-state index in [2.05, 4.69) is 20.8 Å². The maximum atomic E-state index is 2.56. The summed E-state index contributed by atoms with van der Waals surface area (Å²) in [6.07, 6.45) is 19.4. The van der Waals surface area contributed by atoms with E-state index in [1.807, 2.05) is 0 Å². The fourth-order valence-electron chi connectivity index (χ4n) is 4.42. The fraction of sp³-hybridized carbons (Fsp3) is 1.00. The van der Waals surface area contributed by atoms with Crippen molar-refractivity contribution in [1.82, 2.24) is 0 Å². The Morgan fingerprint density at radius 1 is 0.842 bits per heavy atom. The van der Waals surface area contributed by atoms with E-state index in [0.29, 0.717) is 0 Å². The second-order valence-corrected chi connectivity index (χ2v) is 7.90. The van der Waals surface area contributed by atoms with Crippen LogP contribution in [0.25, 0.3) is 0 Å². The van der Waals surface area contributed by atoms with Crippen molar-refractivity contribution >= 4 is 0 Å². The molecule has 0 bridgehead atoms. The molecule has 0 amide bonds. The van der Waals surface area contributed by atoms with E-state index < -0.39 is 0 Å². The van der Waals surface area contributed by atoms with Crippen LogP contribution >= 0.6 is 0 Å². The molecule has 2 aliphatic carbocycles. The molecule has 0 spiro atoms. The summed E-state index contributed by atoms with van der Waals surface area (Å²) in [4.78, 5) is 0. The minimum absolute atomic E-state index is 0.770. The first kappa shape index (κ1) is 15.4. The van der Waals surface area contributed by atoms with Crippen molar-refractivity contribution < 1.29 is 0 Å². The van der Waals surface area contributed by atoms with Gasteiger partial charge in [-0.05, 0) is 42.4 Å². The minimum Gasteiger partial charge on any atom is -0.0654 e. The molecule has 2 aliphatic rings. The summed E-state index contributed by atoms with van der Waals surface area (Å²) >= 11 is 0. The molecule has 2 saturated carbocycles. The topological polar surface area (TPSA) is 0 Å². The zero-order valence-corrected chi connectivity index (χ0v) is 13.8. The van der Waals surface area contributed by atoms with Gasteiger partial charge in [-0.25, -0.2) is 0 Å². The van der Waals surface area contributed by atoms with Gasteiger partial charge in [-0.2, -0.15) is 0 Å². The Bertz CT molecular complexity index is 263. The van der Waals surface area contributed by atoms with Crippen molar-refractivity contribution in [2.45, 2.75) is 104 Å². The first-order valence-corrected chi connectivity index (χ1v) is 9.15. The Kier molecular flexibility index (Phi) is 5.37. The van der Waals surface area contributed by atoms with E-state index in [9.17, 15) is 0 Å². The van der Waals surface area contributed by atoms with Gasteiger partial charge in [-0.3, -0.25) is 0 Å². The molecule has 2 atom stereocenters. The van der Waals surface area contributed by atoms with Crippen LogP contribution in [0.15, 0.2) is 0 Å². The van der Waals surface area contributed by atoms with Gasteiger partial charge in [-0.1, -0.05) is 78.6 Å². The van der Waals surface area contributed by atoms with Crippen LogP contribution in [-0.4, -0.2) is 0 Å². The molecule has 0 heterocycles. The van der Waals surface area contributed by atoms with Gasteiger partial charge < -0.3 is 0 Å². The Morgan fingerprint density at radius 3 is 1.74 bits per heavy atom. The van der Waals surface area contributed by atoms with Crippen molar-refractivity contribution in [3.05, 3.63) is 0 Å². The molecule has 2 fully saturated rings. The molecule has 0 heteroatoms. The smallest absolute Gasteiger partial charge is 0.0215 e. The number of hydrogen-bond acceptors (Lipinski definition) is 0. The lowest BCUT2D eigenvalue weighted by atomic mass is 9.81. The van der Waals surface area contributed by atoms with Crippen LogP contribution in [-0.2, 0) is 0 Å². The quantitative estimate of drug-likeness (QED) is 0.363. The van der Waals surface area contributed by atoms with Crippen molar-refractivity contribution in [3.63, 3.8) is 0 Å². The molecular formula is C19H36. The molecule has 0 radical (unpaired) electrons. The van der Waals surface area contributed by atoms with E-state index in [4.69, 9.17) is 0 Å². The lowest BCUT2D eigenvalue weighted by Crippen LogP contribution is -2.16. The molecule has 112 valence electrons. The average molecular weight is 264 g/mol. The highest BCUT2D eigenvalue weighted by Crippen LogP contribution is 2.74. The summed E-state index contributed by atoms with van der Waals surface area (Å²) in [6, 6.07) is 0. The lowest BCUT2D eigenvalue weighted by Gasteiger charge is -2.24. The third-order valence-electron chi connectivity index (χ3n) is 6.38. The molecule has 0 saturated heterocycles. The Hall–Kier alpha value is 0. The molecule has 0 N–H and O–H groups in total. The third kappa shape index (κ3) is 3.76. The SMILES string of the molecule is CCCCCCCCCCCC1(C2(C)CC2)CC1C. The van der Waals surface area contributed by atoms with E-state index in [-0.39, 0.29) is 0 Å². The number of rotatable bonds is 11. The zero-order chi connectivity index (χ0) is 13.8. The second kappa shape index (κ2) is 6.64. The third-order valence-corrected chi connectivity index (χ3v) is 6.38.